The molecule has 1 aromatic heterocycles. The van der Waals surface area contributed by atoms with E-state index in [0.29, 0.717) is 31.5 Å². The minimum atomic E-state index is -1.35. The van der Waals surface area contributed by atoms with Gasteiger partial charge in [0, 0.05) is 12.8 Å². The first-order valence-corrected chi connectivity index (χ1v) is 18.3. The largest absolute Gasteiger partial charge is 0.481 e. The summed E-state index contributed by atoms with van der Waals surface area (Å²) in [4.78, 5) is 89.6. The molecule has 1 aromatic rings. The number of carbonyl (C=O) groups excluding carboxylic acids is 5. The Kier molecular flexibility index (Phi) is 15.9. The van der Waals surface area contributed by atoms with Crippen molar-refractivity contribution < 1.29 is 43.8 Å². The van der Waals surface area contributed by atoms with Gasteiger partial charge in [-0.2, -0.15) is 5.21 Å². The SMILES string of the molecule is CC[C@H](C)[C@H](NC(=O)[C@H](CC(C)C)NC(=O)[C@@H](CCC(=O)O)NC(=O)CCC(=O)O)C(=O)N[C@@H](CC1CCCCC1)C(=O)NC1(c2nn[nH]n2)CC1. The average molecular weight is 734 g/mol. The van der Waals surface area contributed by atoms with E-state index in [1.165, 1.54) is 0 Å². The second kappa shape index (κ2) is 19.8. The number of tetrazole rings is 1. The van der Waals surface area contributed by atoms with Crippen LogP contribution in [-0.2, 0) is 39.1 Å². The summed E-state index contributed by atoms with van der Waals surface area (Å²) in [7, 11) is 0. The van der Waals surface area contributed by atoms with Crippen molar-refractivity contribution in [2.75, 3.05) is 0 Å². The average Bonchev–Trinajstić information content (AvgIpc) is 3.64. The molecule has 2 saturated carbocycles. The molecule has 8 N–H and O–H groups in total. The van der Waals surface area contributed by atoms with Crippen LogP contribution in [0.15, 0.2) is 0 Å². The predicted octanol–water partition coefficient (Wildman–Crippen LogP) is 1.04. The summed E-state index contributed by atoms with van der Waals surface area (Å²) < 4.78 is 0. The van der Waals surface area contributed by atoms with E-state index < -0.39 is 84.5 Å². The van der Waals surface area contributed by atoms with Crippen LogP contribution >= 0.6 is 0 Å². The fourth-order valence-corrected chi connectivity index (χ4v) is 6.42. The van der Waals surface area contributed by atoms with Crippen LogP contribution in [0.1, 0.15) is 123 Å². The maximum absolute atomic E-state index is 14.0. The van der Waals surface area contributed by atoms with Gasteiger partial charge in [-0.1, -0.05) is 71.4 Å². The van der Waals surface area contributed by atoms with Crippen molar-refractivity contribution in [3.8, 4) is 0 Å². The van der Waals surface area contributed by atoms with E-state index in [4.69, 9.17) is 5.11 Å². The number of rotatable bonds is 22. The number of aliphatic carboxylic acids is 2. The van der Waals surface area contributed by atoms with Gasteiger partial charge in [-0.3, -0.25) is 33.6 Å². The van der Waals surface area contributed by atoms with Gasteiger partial charge in [-0.05, 0) is 49.9 Å². The van der Waals surface area contributed by atoms with Crippen molar-refractivity contribution in [1.82, 2.24) is 47.2 Å². The summed E-state index contributed by atoms with van der Waals surface area (Å²) in [6.07, 6.45) is 5.70. The van der Waals surface area contributed by atoms with Crippen LogP contribution in [0.2, 0.25) is 0 Å². The first kappa shape index (κ1) is 41.8. The third kappa shape index (κ3) is 13.2. The number of amides is 5. The van der Waals surface area contributed by atoms with Crippen LogP contribution in [-0.4, -0.2) is 96.5 Å². The minimum Gasteiger partial charge on any atom is -0.481 e. The third-order valence-corrected chi connectivity index (χ3v) is 9.81. The molecule has 0 saturated heterocycles. The van der Waals surface area contributed by atoms with E-state index in [9.17, 15) is 38.7 Å². The first-order chi connectivity index (χ1) is 24.6. The zero-order valence-electron chi connectivity index (χ0n) is 30.5. The molecule has 5 atom stereocenters. The lowest BCUT2D eigenvalue weighted by molar-refractivity contribution is -0.139. The minimum absolute atomic E-state index is 0.105. The molecule has 18 nitrogen and oxygen atoms in total. The molecule has 2 aliphatic rings. The molecular weight excluding hydrogens is 678 g/mol. The molecule has 0 bridgehead atoms. The van der Waals surface area contributed by atoms with Crippen molar-refractivity contribution in [3.05, 3.63) is 5.82 Å². The Balaban J connectivity index is 1.78. The monoisotopic (exact) mass is 733 g/mol. The van der Waals surface area contributed by atoms with Gasteiger partial charge in [0.15, 0.2) is 5.82 Å². The van der Waals surface area contributed by atoms with Gasteiger partial charge in [-0.25, -0.2) is 0 Å². The molecule has 1 heterocycles. The summed E-state index contributed by atoms with van der Waals surface area (Å²) in [5, 5.41) is 46.0. The standard InChI is InChI=1S/C34H55N9O9/c1-5-20(4)28(32(52)37-24(18-21-9-7-6-8-10-21)31(51)39-34(15-16-34)33-40-42-43-41-33)38-30(50)23(17-19(2)3)36-29(49)22(11-13-26(45)46)35-25(44)12-14-27(47)48/h19-24,28H,5-18H2,1-4H3,(H,35,44)(H,36,49)(H,37,52)(H,38,50)(H,39,51)(H,45,46)(H,47,48)(H,40,41,42,43)/t20-,22+,23-,24-,28-/m0/s1. The van der Waals surface area contributed by atoms with Crippen molar-refractivity contribution in [1.29, 1.82) is 0 Å². The van der Waals surface area contributed by atoms with Gasteiger partial charge >= 0.3 is 11.9 Å². The Morgan fingerprint density at radius 1 is 0.788 bits per heavy atom. The number of carboxylic acid groups (broad SMARTS) is 2. The van der Waals surface area contributed by atoms with Gasteiger partial charge in [0.1, 0.15) is 29.7 Å². The Morgan fingerprint density at radius 3 is 1.98 bits per heavy atom. The molecule has 5 amide bonds. The van der Waals surface area contributed by atoms with Gasteiger partial charge in [0.05, 0.1) is 6.42 Å². The molecule has 290 valence electrons. The van der Waals surface area contributed by atoms with Gasteiger partial charge in [-0.15, -0.1) is 10.2 Å². The Labute approximate surface area is 303 Å². The fourth-order valence-electron chi connectivity index (χ4n) is 6.42. The number of nitrogens with zero attached hydrogens (tertiary/aromatic N) is 3. The lowest BCUT2D eigenvalue weighted by atomic mass is 9.84. The quantitative estimate of drug-likeness (QED) is 0.0830. The normalized spacial score (nSPS) is 18.2. The molecule has 0 aliphatic heterocycles. The summed E-state index contributed by atoms with van der Waals surface area (Å²) in [5.41, 5.74) is -0.760. The summed E-state index contributed by atoms with van der Waals surface area (Å²) in [6, 6.07) is -4.48. The first-order valence-electron chi connectivity index (χ1n) is 18.3. The van der Waals surface area contributed by atoms with E-state index in [0.717, 1.165) is 32.1 Å². The lowest BCUT2D eigenvalue weighted by Gasteiger charge is -2.31. The number of carbonyl (C=O) groups is 7. The molecule has 2 fully saturated rings. The van der Waals surface area contributed by atoms with E-state index in [-0.39, 0.29) is 36.5 Å². The highest BCUT2D eigenvalue weighted by Crippen LogP contribution is 2.43. The highest BCUT2D eigenvalue weighted by molar-refractivity contribution is 5.96. The van der Waals surface area contributed by atoms with Crippen LogP contribution in [0.4, 0.5) is 0 Å². The number of H-pyrrole nitrogens is 1. The van der Waals surface area contributed by atoms with Gasteiger partial charge < -0.3 is 36.8 Å². The van der Waals surface area contributed by atoms with Crippen LogP contribution in [0.3, 0.4) is 0 Å². The van der Waals surface area contributed by atoms with Crippen LogP contribution in [0, 0.1) is 17.8 Å². The number of aromatic amines is 1. The molecule has 0 aromatic carbocycles. The van der Waals surface area contributed by atoms with Crippen LogP contribution in [0.5, 0.6) is 0 Å². The summed E-state index contributed by atoms with van der Waals surface area (Å²) in [6.45, 7) is 7.31. The molecule has 0 unspecified atom stereocenters. The van der Waals surface area contributed by atoms with Crippen LogP contribution in [0.25, 0.3) is 0 Å². The molecule has 0 spiro atoms. The topological polar surface area (TPSA) is 275 Å². The lowest BCUT2D eigenvalue weighted by Crippen LogP contribution is -2.60. The fraction of sp³-hybridized carbons (Fsp3) is 0.765. The Hall–Kier alpha value is -4.64. The second-order valence-electron chi connectivity index (χ2n) is 14.6. The smallest absolute Gasteiger partial charge is 0.303 e. The summed E-state index contributed by atoms with van der Waals surface area (Å²) in [5.74, 6) is -5.49. The molecule has 52 heavy (non-hydrogen) atoms. The highest BCUT2D eigenvalue weighted by Gasteiger charge is 2.50. The number of carboxylic acids is 2. The molecule has 3 rings (SSSR count). The second-order valence-corrected chi connectivity index (χ2v) is 14.6. The number of nitrogens with one attached hydrogen (secondary N) is 6. The molecule has 0 radical (unpaired) electrons. The van der Waals surface area contributed by atoms with E-state index in [1.807, 2.05) is 20.8 Å². The zero-order chi connectivity index (χ0) is 38.4. The Morgan fingerprint density at radius 2 is 1.42 bits per heavy atom. The van der Waals surface area contributed by atoms with E-state index in [2.05, 4.69) is 47.2 Å². The predicted molar refractivity (Wildman–Crippen MR) is 185 cm³/mol. The highest BCUT2D eigenvalue weighted by atomic mass is 16.4. The van der Waals surface area contributed by atoms with Crippen molar-refractivity contribution in [2.45, 2.75) is 147 Å². The van der Waals surface area contributed by atoms with Crippen molar-refractivity contribution in [3.63, 3.8) is 0 Å². The number of hydrogen-bond donors (Lipinski definition) is 8. The Bertz CT molecular complexity index is 1390. The maximum Gasteiger partial charge on any atom is 0.303 e. The molecular formula is C34H55N9O9. The molecule has 2 aliphatic carbocycles. The van der Waals surface area contributed by atoms with E-state index >= 15 is 0 Å². The molecule has 18 heteroatoms. The van der Waals surface area contributed by atoms with Gasteiger partial charge in [0.2, 0.25) is 29.5 Å². The number of hydrogen-bond acceptors (Lipinski definition) is 10. The zero-order valence-corrected chi connectivity index (χ0v) is 30.5. The number of aromatic nitrogens is 4. The third-order valence-electron chi connectivity index (χ3n) is 9.81. The van der Waals surface area contributed by atoms with Crippen molar-refractivity contribution >= 4 is 41.5 Å². The van der Waals surface area contributed by atoms with Crippen LogP contribution < -0.4 is 26.6 Å². The maximum atomic E-state index is 14.0. The van der Waals surface area contributed by atoms with Crippen molar-refractivity contribution in [2.24, 2.45) is 17.8 Å². The van der Waals surface area contributed by atoms with E-state index in [1.54, 1.807) is 6.92 Å². The van der Waals surface area contributed by atoms with Gasteiger partial charge in [0.25, 0.3) is 0 Å². The summed E-state index contributed by atoms with van der Waals surface area (Å²) >= 11 is 0.